The number of halogens is 1. The maximum absolute atomic E-state index is 6.04. The molecule has 2 aromatic rings. The molecule has 2 nitrogen and oxygen atoms in total. The molecule has 0 aliphatic heterocycles. The molecule has 1 atom stereocenters. The second-order valence-electron chi connectivity index (χ2n) is 5.24. The van der Waals surface area contributed by atoms with Crippen molar-refractivity contribution in [2.45, 2.75) is 32.7 Å². The second kappa shape index (κ2) is 8.16. The second-order valence-corrected chi connectivity index (χ2v) is 5.68. The Kier molecular flexibility index (Phi) is 6.21. The monoisotopic (exact) mass is 302 g/mol. The first kappa shape index (κ1) is 16.0. The van der Waals surface area contributed by atoms with Crippen molar-refractivity contribution >= 4 is 11.6 Å². The minimum Gasteiger partial charge on any atom is -0.291 e. The Bertz CT molecular complexity index is 519. The number of pyridine rings is 1. The zero-order chi connectivity index (χ0) is 15.1. The number of rotatable bonds is 7. The van der Waals surface area contributed by atoms with E-state index in [0.29, 0.717) is 0 Å². The van der Waals surface area contributed by atoms with E-state index >= 15 is 0 Å². The number of hydrogen-bond acceptors (Lipinski definition) is 2. The number of hydrogen-bond donors (Lipinski definition) is 0. The third kappa shape index (κ3) is 4.29. The lowest BCUT2D eigenvalue weighted by Gasteiger charge is -2.31. The molecule has 0 saturated carbocycles. The minimum atomic E-state index is 0.198. The zero-order valence-electron chi connectivity index (χ0n) is 12.8. The van der Waals surface area contributed by atoms with Gasteiger partial charge in [-0.05, 0) is 55.8 Å². The number of nitrogens with zero attached hydrogens (tertiary/aromatic N) is 2. The van der Waals surface area contributed by atoms with Crippen LogP contribution in [0.5, 0.6) is 0 Å². The maximum atomic E-state index is 6.04. The molecule has 1 heterocycles. The molecule has 21 heavy (non-hydrogen) atoms. The highest BCUT2D eigenvalue weighted by molar-refractivity contribution is 6.30. The molecule has 112 valence electrons. The molecule has 0 bridgehead atoms. The van der Waals surface area contributed by atoms with Crippen LogP contribution in [0, 0.1) is 0 Å². The van der Waals surface area contributed by atoms with Crippen LogP contribution in [0.3, 0.4) is 0 Å². The minimum absolute atomic E-state index is 0.198. The topological polar surface area (TPSA) is 16.1 Å². The van der Waals surface area contributed by atoms with Gasteiger partial charge in [0.25, 0.3) is 0 Å². The van der Waals surface area contributed by atoms with E-state index in [1.165, 1.54) is 5.56 Å². The average Bonchev–Trinajstić information content (AvgIpc) is 2.51. The normalized spacial score (nSPS) is 12.6. The van der Waals surface area contributed by atoms with Crippen molar-refractivity contribution in [3.8, 4) is 0 Å². The van der Waals surface area contributed by atoms with Gasteiger partial charge < -0.3 is 0 Å². The van der Waals surface area contributed by atoms with Crippen molar-refractivity contribution in [3.63, 3.8) is 0 Å². The van der Waals surface area contributed by atoms with Gasteiger partial charge in [-0.1, -0.05) is 43.6 Å². The zero-order valence-corrected chi connectivity index (χ0v) is 13.6. The molecule has 1 aromatic heterocycles. The van der Waals surface area contributed by atoms with Crippen LogP contribution in [-0.4, -0.2) is 23.0 Å². The summed E-state index contributed by atoms with van der Waals surface area (Å²) in [6, 6.07) is 14.5. The Morgan fingerprint density at radius 3 is 2.19 bits per heavy atom. The largest absolute Gasteiger partial charge is 0.291 e. The van der Waals surface area contributed by atoms with E-state index in [9.17, 15) is 0 Å². The van der Waals surface area contributed by atoms with Gasteiger partial charge >= 0.3 is 0 Å². The first-order valence-electron chi connectivity index (χ1n) is 7.66. The fraction of sp³-hybridized carbons (Fsp3) is 0.389. The van der Waals surface area contributed by atoms with Gasteiger partial charge in [-0.3, -0.25) is 9.88 Å². The first-order valence-corrected chi connectivity index (χ1v) is 8.04. The van der Waals surface area contributed by atoms with E-state index in [-0.39, 0.29) is 6.04 Å². The van der Waals surface area contributed by atoms with Crippen LogP contribution < -0.4 is 0 Å². The summed E-state index contributed by atoms with van der Waals surface area (Å²) in [5.74, 6) is 0. The standard InChI is InChI=1S/C18H23ClN2/c1-3-13-21(14-4-2)18(17-7-5-6-12-20-17)15-8-10-16(19)11-9-15/h5-12,18H,3-4,13-14H2,1-2H3. The van der Waals surface area contributed by atoms with Crippen LogP contribution in [0.2, 0.25) is 5.02 Å². The van der Waals surface area contributed by atoms with Crippen LogP contribution in [0.4, 0.5) is 0 Å². The van der Waals surface area contributed by atoms with Gasteiger partial charge in [-0.15, -0.1) is 0 Å². The number of benzene rings is 1. The number of aromatic nitrogens is 1. The van der Waals surface area contributed by atoms with Crippen molar-refractivity contribution < 1.29 is 0 Å². The predicted octanol–water partition coefficient (Wildman–Crippen LogP) is 4.95. The van der Waals surface area contributed by atoms with Crippen molar-refractivity contribution in [1.82, 2.24) is 9.88 Å². The quantitative estimate of drug-likeness (QED) is 0.719. The van der Waals surface area contributed by atoms with Crippen LogP contribution in [-0.2, 0) is 0 Å². The van der Waals surface area contributed by atoms with Crippen molar-refractivity contribution in [3.05, 3.63) is 64.9 Å². The summed E-state index contributed by atoms with van der Waals surface area (Å²) in [6.45, 7) is 6.58. The van der Waals surface area contributed by atoms with Crippen molar-refractivity contribution in [2.75, 3.05) is 13.1 Å². The average molecular weight is 303 g/mol. The molecule has 0 spiro atoms. The molecule has 2 rings (SSSR count). The molecular formula is C18H23ClN2. The van der Waals surface area contributed by atoms with Gasteiger partial charge in [0, 0.05) is 11.2 Å². The molecule has 0 radical (unpaired) electrons. The van der Waals surface area contributed by atoms with E-state index in [1.54, 1.807) is 0 Å². The van der Waals surface area contributed by atoms with E-state index in [1.807, 2.05) is 24.4 Å². The lowest BCUT2D eigenvalue weighted by atomic mass is 10.0. The molecule has 1 aromatic carbocycles. The molecule has 0 fully saturated rings. The van der Waals surface area contributed by atoms with Gasteiger partial charge in [0.15, 0.2) is 0 Å². The third-order valence-corrected chi connectivity index (χ3v) is 3.79. The lowest BCUT2D eigenvalue weighted by molar-refractivity contribution is 0.222. The van der Waals surface area contributed by atoms with Crippen LogP contribution >= 0.6 is 11.6 Å². The summed E-state index contributed by atoms with van der Waals surface area (Å²) in [5.41, 5.74) is 2.35. The van der Waals surface area contributed by atoms with Crippen molar-refractivity contribution in [2.24, 2.45) is 0 Å². The molecule has 0 aliphatic carbocycles. The van der Waals surface area contributed by atoms with Crippen LogP contribution in [0.25, 0.3) is 0 Å². The van der Waals surface area contributed by atoms with Crippen LogP contribution in [0.1, 0.15) is 44.0 Å². The Morgan fingerprint density at radius 2 is 1.67 bits per heavy atom. The Hall–Kier alpha value is -1.38. The van der Waals surface area contributed by atoms with E-state index in [4.69, 9.17) is 11.6 Å². The smallest absolute Gasteiger partial charge is 0.0776 e. The van der Waals surface area contributed by atoms with Gasteiger partial charge in [0.1, 0.15) is 0 Å². The molecular weight excluding hydrogens is 280 g/mol. The lowest BCUT2D eigenvalue weighted by Crippen LogP contribution is -2.31. The van der Waals surface area contributed by atoms with Crippen molar-refractivity contribution in [1.29, 1.82) is 0 Å². The van der Waals surface area contributed by atoms with E-state index in [0.717, 1.165) is 36.6 Å². The van der Waals surface area contributed by atoms with E-state index < -0.39 is 0 Å². The summed E-state index contributed by atoms with van der Waals surface area (Å²) < 4.78 is 0. The highest BCUT2D eigenvalue weighted by Crippen LogP contribution is 2.28. The SMILES string of the molecule is CCCN(CCC)C(c1ccc(Cl)cc1)c1ccccn1. The molecule has 0 aliphatic rings. The van der Waals surface area contributed by atoms with Crippen LogP contribution in [0.15, 0.2) is 48.7 Å². The maximum Gasteiger partial charge on any atom is 0.0776 e. The van der Waals surface area contributed by atoms with Gasteiger partial charge in [-0.25, -0.2) is 0 Å². The molecule has 3 heteroatoms. The van der Waals surface area contributed by atoms with E-state index in [2.05, 4.69) is 48.0 Å². The summed E-state index contributed by atoms with van der Waals surface area (Å²) in [6.07, 6.45) is 4.14. The fourth-order valence-electron chi connectivity index (χ4n) is 2.70. The Balaban J connectivity index is 2.40. The molecule has 0 N–H and O–H groups in total. The third-order valence-electron chi connectivity index (χ3n) is 3.54. The summed E-state index contributed by atoms with van der Waals surface area (Å²) >= 11 is 6.04. The first-order chi connectivity index (χ1) is 10.3. The fourth-order valence-corrected chi connectivity index (χ4v) is 2.82. The van der Waals surface area contributed by atoms with Gasteiger partial charge in [0.2, 0.25) is 0 Å². The van der Waals surface area contributed by atoms with Gasteiger partial charge in [-0.2, -0.15) is 0 Å². The summed E-state index contributed by atoms with van der Waals surface area (Å²) in [7, 11) is 0. The molecule has 0 amide bonds. The Morgan fingerprint density at radius 1 is 1.00 bits per heavy atom. The highest BCUT2D eigenvalue weighted by Gasteiger charge is 2.22. The summed E-state index contributed by atoms with van der Waals surface area (Å²) in [5, 5.41) is 0.774. The van der Waals surface area contributed by atoms with Gasteiger partial charge in [0.05, 0.1) is 11.7 Å². The molecule has 0 saturated heterocycles. The highest BCUT2D eigenvalue weighted by atomic mass is 35.5. The molecule has 1 unspecified atom stereocenters. The Labute approximate surface area is 132 Å². The predicted molar refractivity (Wildman–Crippen MR) is 89.7 cm³/mol. The summed E-state index contributed by atoms with van der Waals surface area (Å²) in [4.78, 5) is 7.09.